The Hall–Kier alpha value is -2.37. The fraction of sp³-hybridized carbons (Fsp3) is 0.550. The molecule has 1 aromatic carbocycles. The van der Waals surface area contributed by atoms with Crippen LogP contribution in [-0.2, 0) is 16.1 Å². The Labute approximate surface area is 153 Å². The lowest BCUT2D eigenvalue weighted by Crippen LogP contribution is -2.40. The zero-order valence-corrected chi connectivity index (χ0v) is 15.0. The number of aliphatic carboxylic acids is 1. The molecule has 1 aromatic rings. The highest BCUT2D eigenvalue weighted by Crippen LogP contribution is 2.23. The van der Waals surface area contributed by atoms with E-state index in [1.165, 1.54) is 0 Å². The molecule has 2 amide bonds. The maximum absolute atomic E-state index is 12.7. The molecule has 0 aromatic heterocycles. The van der Waals surface area contributed by atoms with Crippen LogP contribution < -0.4 is 0 Å². The molecule has 2 aliphatic heterocycles. The van der Waals surface area contributed by atoms with Crippen LogP contribution in [0.5, 0.6) is 0 Å². The van der Waals surface area contributed by atoms with Gasteiger partial charge in [-0.05, 0) is 49.3 Å². The molecule has 0 aliphatic carbocycles. The number of hydrogen-bond acceptors (Lipinski definition) is 3. The fourth-order valence-electron chi connectivity index (χ4n) is 3.84. The number of nitrogens with zero attached hydrogens (tertiary/aromatic N) is 2. The van der Waals surface area contributed by atoms with Crippen LogP contribution >= 0.6 is 0 Å². The van der Waals surface area contributed by atoms with Gasteiger partial charge in [-0.15, -0.1) is 0 Å². The Morgan fingerprint density at radius 2 is 1.88 bits per heavy atom. The van der Waals surface area contributed by atoms with E-state index in [1.54, 1.807) is 0 Å². The molecule has 140 valence electrons. The molecule has 2 aliphatic rings. The molecule has 2 saturated heterocycles. The second-order valence-electron chi connectivity index (χ2n) is 7.31. The molecule has 0 saturated carbocycles. The SMILES string of the molecule is O=C(O)CC[C@H]1CCCN(C(=O)c2ccc(CN3CCCC3=O)cc2)C1. The maximum atomic E-state index is 12.7. The predicted molar refractivity (Wildman–Crippen MR) is 96.6 cm³/mol. The van der Waals surface area contributed by atoms with Crippen molar-refractivity contribution in [1.82, 2.24) is 9.80 Å². The Morgan fingerprint density at radius 1 is 1.12 bits per heavy atom. The number of rotatable bonds is 6. The van der Waals surface area contributed by atoms with Gasteiger partial charge in [-0.3, -0.25) is 14.4 Å². The monoisotopic (exact) mass is 358 g/mol. The summed E-state index contributed by atoms with van der Waals surface area (Å²) in [7, 11) is 0. The number of benzene rings is 1. The molecule has 0 bridgehead atoms. The minimum atomic E-state index is -0.777. The van der Waals surface area contributed by atoms with Crippen molar-refractivity contribution < 1.29 is 19.5 Å². The van der Waals surface area contributed by atoms with Crippen LogP contribution in [0.3, 0.4) is 0 Å². The van der Waals surface area contributed by atoms with Gasteiger partial charge in [0.2, 0.25) is 5.91 Å². The molecule has 0 spiro atoms. The van der Waals surface area contributed by atoms with Crippen molar-refractivity contribution in [2.75, 3.05) is 19.6 Å². The van der Waals surface area contributed by atoms with E-state index in [2.05, 4.69) is 0 Å². The summed E-state index contributed by atoms with van der Waals surface area (Å²) < 4.78 is 0. The topological polar surface area (TPSA) is 77.9 Å². The number of carboxylic acid groups (broad SMARTS) is 1. The lowest BCUT2D eigenvalue weighted by atomic mass is 9.93. The first-order chi connectivity index (χ1) is 12.5. The summed E-state index contributed by atoms with van der Waals surface area (Å²) >= 11 is 0. The number of amides is 2. The van der Waals surface area contributed by atoms with E-state index in [-0.39, 0.29) is 24.2 Å². The van der Waals surface area contributed by atoms with Crippen LogP contribution in [0.2, 0.25) is 0 Å². The van der Waals surface area contributed by atoms with E-state index in [4.69, 9.17) is 5.11 Å². The van der Waals surface area contributed by atoms with Gasteiger partial charge in [0.25, 0.3) is 5.91 Å². The van der Waals surface area contributed by atoms with Gasteiger partial charge in [0.1, 0.15) is 0 Å². The minimum Gasteiger partial charge on any atom is -0.481 e. The molecule has 2 heterocycles. The highest BCUT2D eigenvalue weighted by Gasteiger charge is 2.25. The normalized spacial score (nSPS) is 20.5. The highest BCUT2D eigenvalue weighted by molar-refractivity contribution is 5.94. The van der Waals surface area contributed by atoms with E-state index in [9.17, 15) is 14.4 Å². The minimum absolute atomic E-state index is 0.00817. The van der Waals surface area contributed by atoms with Crippen molar-refractivity contribution in [2.45, 2.75) is 45.1 Å². The molecule has 0 radical (unpaired) electrons. The highest BCUT2D eigenvalue weighted by atomic mass is 16.4. The largest absolute Gasteiger partial charge is 0.481 e. The van der Waals surface area contributed by atoms with Crippen LogP contribution in [0.25, 0.3) is 0 Å². The molecule has 1 N–H and O–H groups in total. The number of piperidine rings is 1. The third-order valence-corrected chi connectivity index (χ3v) is 5.32. The molecular formula is C20H26N2O4. The number of carbonyl (C=O) groups excluding carboxylic acids is 2. The molecule has 1 atom stereocenters. The van der Waals surface area contributed by atoms with Crippen LogP contribution in [-0.4, -0.2) is 52.3 Å². The molecule has 2 fully saturated rings. The smallest absolute Gasteiger partial charge is 0.303 e. The van der Waals surface area contributed by atoms with Crippen molar-refractivity contribution in [3.05, 3.63) is 35.4 Å². The van der Waals surface area contributed by atoms with Gasteiger partial charge in [-0.25, -0.2) is 0 Å². The average molecular weight is 358 g/mol. The first-order valence-corrected chi connectivity index (χ1v) is 9.40. The molecule has 26 heavy (non-hydrogen) atoms. The summed E-state index contributed by atoms with van der Waals surface area (Å²) in [6.07, 6.45) is 4.26. The Bertz CT molecular complexity index is 671. The molecule has 3 rings (SSSR count). The summed E-state index contributed by atoms with van der Waals surface area (Å²) in [5.74, 6) is -0.301. The predicted octanol–water partition coefficient (Wildman–Crippen LogP) is 2.53. The van der Waals surface area contributed by atoms with E-state index in [1.807, 2.05) is 34.1 Å². The Balaban J connectivity index is 1.57. The first-order valence-electron chi connectivity index (χ1n) is 9.40. The lowest BCUT2D eigenvalue weighted by Gasteiger charge is -2.32. The zero-order chi connectivity index (χ0) is 18.5. The van der Waals surface area contributed by atoms with Gasteiger partial charge in [0.05, 0.1) is 0 Å². The van der Waals surface area contributed by atoms with Gasteiger partial charge in [-0.2, -0.15) is 0 Å². The standard InChI is InChI=1S/C20H26N2O4/c23-18-4-2-11-21(18)13-16-5-8-17(9-6-16)20(26)22-12-1-3-15(14-22)7-10-19(24)25/h5-6,8-9,15H,1-4,7,10-14H2,(H,24,25)/t15-/m1/s1. The number of hydrogen-bond donors (Lipinski definition) is 1. The third-order valence-electron chi connectivity index (χ3n) is 5.32. The van der Waals surface area contributed by atoms with Crippen molar-refractivity contribution in [3.8, 4) is 0 Å². The van der Waals surface area contributed by atoms with Crippen molar-refractivity contribution in [2.24, 2.45) is 5.92 Å². The second-order valence-corrected chi connectivity index (χ2v) is 7.31. The molecule has 6 heteroatoms. The van der Waals surface area contributed by atoms with Crippen LogP contribution in [0, 0.1) is 5.92 Å². The summed E-state index contributed by atoms with van der Waals surface area (Å²) in [6, 6.07) is 7.51. The summed E-state index contributed by atoms with van der Waals surface area (Å²) in [6.45, 7) is 2.78. The van der Waals surface area contributed by atoms with Gasteiger partial charge >= 0.3 is 5.97 Å². The first kappa shape index (κ1) is 18.4. The number of carboxylic acids is 1. The number of carbonyl (C=O) groups is 3. The molecular weight excluding hydrogens is 332 g/mol. The van der Waals surface area contributed by atoms with Gasteiger partial charge in [0.15, 0.2) is 0 Å². The number of likely N-dealkylation sites (tertiary alicyclic amines) is 2. The van der Waals surface area contributed by atoms with Crippen LogP contribution in [0.1, 0.15) is 54.4 Å². The van der Waals surface area contributed by atoms with Gasteiger partial charge < -0.3 is 14.9 Å². The molecule has 0 unspecified atom stereocenters. The van der Waals surface area contributed by atoms with Crippen LogP contribution in [0.4, 0.5) is 0 Å². The zero-order valence-electron chi connectivity index (χ0n) is 15.0. The van der Waals surface area contributed by atoms with E-state index in [0.717, 1.165) is 37.9 Å². The van der Waals surface area contributed by atoms with Crippen LogP contribution in [0.15, 0.2) is 24.3 Å². The summed E-state index contributed by atoms with van der Waals surface area (Å²) in [5.41, 5.74) is 1.69. The van der Waals surface area contributed by atoms with Gasteiger partial charge in [0, 0.05) is 44.6 Å². The molecule has 6 nitrogen and oxygen atoms in total. The van der Waals surface area contributed by atoms with Crippen molar-refractivity contribution in [1.29, 1.82) is 0 Å². The second kappa shape index (κ2) is 8.34. The third kappa shape index (κ3) is 4.62. The van der Waals surface area contributed by atoms with Crippen molar-refractivity contribution in [3.63, 3.8) is 0 Å². The van der Waals surface area contributed by atoms with Crippen molar-refractivity contribution >= 4 is 17.8 Å². The summed E-state index contributed by atoms with van der Waals surface area (Å²) in [4.78, 5) is 38.9. The van der Waals surface area contributed by atoms with E-state index >= 15 is 0 Å². The Kier molecular flexibility index (Phi) is 5.91. The van der Waals surface area contributed by atoms with E-state index < -0.39 is 5.97 Å². The van der Waals surface area contributed by atoms with E-state index in [0.29, 0.717) is 31.5 Å². The fourth-order valence-corrected chi connectivity index (χ4v) is 3.84. The Morgan fingerprint density at radius 3 is 2.54 bits per heavy atom. The average Bonchev–Trinajstić information content (AvgIpc) is 3.05. The van der Waals surface area contributed by atoms with Gasteiger partial charge in [-0.1, -0.05) is 12.1 Å². The maximum Gasteiger partial charge on any atom is 0.303 e. The quantitative estimate of drug-likeness (QED) is 0.848. The summed E-state index contributed by atoms with van der Waals surface area (Å²) in [5, 5.41) is 8.84. The lowest BCUT2D eigenvalue weighted by molar-refractivity contribution is -0.137.